The standard InChI is InChI=1S/C12H12N4O2S/c1-8-4-2-3-5-10(8)19-12-9(16(17)18)6-7-11(14-12)15-13/h2-7H,13H2,1H3,(H,14,15). The van der Waals surface area contributed by atoms with Gasteiger partial charge in [-0.25, -0.2) is 10.8 Å². The molecule has 0 aliphatic rings. The molecule has 0 saturated carbocycles. The highest BCUT2D eigenvalue weighted by Crippen LogP contribution is 2.35. The second-order valence-corrected chi connectivity index (χ2v) is 4.82. The molecule has 0 atom stereocenters. The van der Waals surface area contributed by atoms with Crippen LogP contribution in [0.25, 0.3) is 0 Å². The van der Waals surface area contributed by atoms with E-state index in [4.69, 9.17) is 5.84 Å². The minimum absolute atomic E-state index is 0.0350. The summed E-state index contributed by atoms with van der Waals surface area (Å²) in [7, 11) is 0. The lowest BCUT2D eigenvalue weighted by Gasteiger charge is -2.06. The van der Waals surface area contributed by atoms with Gasteiger partial charge in [-0.3, -0.25) is 10.1 Å². The Labute approximate surface area is 114 Å². The molecule has 0 spiro atoms. The molecule has 0 unspecified atom stereocenters. The zero-order valence-corrected chi connectivity index (χ0v) is 11.0. The van der Waals surface area contributed by atoms with Crippen molar-refractivity contribution in [3.8, 4) is 0 Å². The van der Waals surface area contributed by atoms with Crippen molar-refractivity contribution in [3.05, 3.63) is 52.1 Å². The number of aryl methyl sites for hydroxylation is 1. The van der Waals surface area contributed by atoms with E-state index in [2.05, 4.69) is 10.4 Å². The summed E-state index contributed by atoms with van der Waals surface area (Å²) >= 11 is 1.25. The van der Waals surface area contributed by atoms with Gasteiger partial charge >= 0.3 is 5.69 Å². The monoisotopic (exact) mass is 276 g/mol. The first-order valence-electron chi connectivity index (χ1n) is 5.47. The van der Waals surface area contributed by atoms with Gasteiger partial charge in [-0.15, -0.1) is 0 Å². The van der Waals surface area contributed by atoms with Crippen LogP contribution in [0.4, 0.5) is 11.5 Å². The Morgan fingerprint density at radius 3 is 2.68 bits per heavy atom. The van der Waals surface area contributed by atoms with Gasteiger partial charge < -0.3 is 5.43 Å². The van der Waals surface area contributed by atoms with Crippen LogP contribution in [0.15, 0.2) is 46.3 Å². The van der Waals surface area contributed by atoms with E-state index in [1.807, 2.05) is 31.2 Å². The number of aromatic nitrogens is 1. The number of hydrogen-bond acceptors (Lipinski definition) is 6. The molecule has 0 aliphatic carbocycles. The summed E-state index contributed by atoms with van der Waals surface area (Å²) in [6.07, 6.45) is 0. The summed E-state index contributed by atoms with van der Waals surface area (Å²) in [5, 5.41) is 11.3. The number of benzene rings is 1. The molecule has 0 radical (unpaired) electrons. The SMILES string of the molecule is Cc1ccccc1Sc1nc(NN)ccc1[N+](=O)[O-]. The predicted octanol–water partition coefficient (Wildman–Crippen LogP) is 2.74. The van der Waals surface area contributed by atoms with E-state index in [-0.39, 0.29) is 5.69 Å². The van der Waals surface area contributed by atoms with Crippen LogP contribution in [0.2, 0.25) is 0 Å². The number of nitro groups is 1. The van der Waals surface area contributed by atoms with Crippen LogP contribution >= 0.6 is 11.8 Å². The molecule has 0 fully saturated rings. The zero-order chi connectivity index (χ0) is 13.8. The number of hydrogen-bond donors (Lipinski definition) is 2. The second-order valence-electron chi connectivity index (χ2n) is 3.79. The van der Waals surface area contributed by atoms with Gasteiger partial charge in [-0.05, 0) is 24.6 Å². The van der Waals surface area contributed by atoms with Gasteiger partial charge in [0.2, 0.25) is 0 Å². The third-order valence-electron chi connectivity index (χ3n) is 2.48. The van der Waals surface area contributed by atoms with Gasteiger partial charge in [-0.2, -0.15) is 0 Å². The van der Waals surface area contributed by atoms with E-state index >= 15 is 0 Å². The molecule has 0 bridgehead atoms. The van der Waals surface area contributed by atoms with Crippen LogP contribution in [0.1, 0.15) is 5.56 Å². The lowest BCUT2D eigenvalue weighted by atomic mass is 10.2. The highest BCUT2D eigenvalue weighted by atomic mass is 32.2. The van der Waals surface area contributed by atoms with E-state index in [1.54, 1.807) is 0 Å². The Hall–Kier alpha value is -2.12. The zero-order valence-electron chi connectivity index (χ0n) is 10.2. The van der Waals surface area contributed by atoms with E-state index < -0.39 is 4.92 Å². The van der Waals surface area contributed by atoms with Gasteiger partial charge in [0.1, 0.15) is 5.82 Å². The lowest BCUT2D eigenvalue weighted by Crippen LogP contribution is -2.09. The van der Waals surface area contributed by atoms with Crippen molar-refractivity contribution in [1.29, 1.82) is 0 Å². The number of anilines is 1. The summed E-state index contributed by atoms with van der Waals surface area (Å²) < 4.78 is 0. The molecule has 0 amide bonds. The van der Waals surface area contributed by atoms with Crippen molar-refractivity contribution >= 4 is 23.3 Å². The molecule has 1 aromatic carbocycles. The average Bonchev–Trinajstić information content (AvgIpc) is 2.41. The fourth-order valence-electron chi connectivity index (χ4n) is 1.50. The largest absolute Gasteiger partial charge is 0.308 e. The van der Waals surface area contributed by atoms with Crippen LogP contribution in [0, 0.1) is 17.0 Å². The molecular formula is C12H12N4O2S. The Morgan fingerprint density at radius 2 is 2.05 bits per heavy atom. The van der Waals surface area contributed by atoms with Crippen molar-refractivity contribution < 1.29 is 4.92 Å². The summed E-state index contributed by atoms with van der Waals surface area (Å²) in [5.41, 5.74) is 3.39. The van der Waals surface area contributed by atoms with Crippen LogP contribution in [0.5, 0.6) is 0 Å². The van der Waals surface area contributed by atoms with Crippen molar-refractivity contribution in [2.24, 2.45) is 5.84 Å². The molecule has 1 heterocycles. The topological polar surface area (TPSA) is 94.1 Å². The van der Waals surface area contributed by atoms with E-state index in [1.165, 1.54) is 23.9 Å². The van der Waals surface area contributed by atoms with Crippen LogP contribution in [-0.2, 0) is 0 Å². The van der Waals surface area contributed by atoms with Crippen LogP contribution in [-0.4, -0.2) is 9.91 Å². The fraction of sp³-hybridized carbons (Fsp3) is 0.0833. The average molecular weight is 276 g/mol. The second kappa shape index (κ2) is 5.68. The normalized spacial score (nSPS) is 10.2. The molecule has 0 aliphatic heterocycles. The van der Waals surface area contributed by atoms with E-state index in [0.717, 1.165) is 10.5 Å². The van der Waals surface area contributed by atoms with E-state index in [0.29, 0.717) is 10.8 Å². The first-order valence-corrected chi connectivity index (χ1v) is 6.29. The molecule has 98 valence electrons. The maximum absolute atomic E-state index is 11.0. The quantitative estimate of drug-likeness (QED) is 0.506. The van der Waals surface area contributed by atoms with Gasteiger partial charge in [0, 0.05) is 11.0 Å². The number of hydrazine groups is 1. The smallest absolute Gasteiger partial charge is 0.301 e. The predicted molar refractivity (Wildman–Crippen MR) is 74.0 cm³/mol. The highest BCUT2D eigenvalue weighted by molar-refractivity contribution is 7.99. The summed E-state index contributed by atoms with van der Waals surface area (Å²) in [4.78, 5) is 15.6. The maximum atomic E-state index is 11.0. The number of nitrogens with two attached hydrogens (primary N) is 1. The van der Waals surface area contributed by atoms with E-state index in [9.17, 15) is 10.1 Å². The number of pyridine rings is 1. The number of nitrogens with one attached hydrogen (secondary N) is 1. The van der Waals surface area contributed by atoms with Crippen LogP contribution < -0.4 is 11.3 Å². The highest BCUT2D eigenvalue weighted by Gasteiger charge is 2.17. The van der Waals surface area contributed by atoms with Gasteiger partial charge in [0.25, 0.3) is 0 Å². The Bertz CT molecular complexity index is 618. The van der Waals surface area contributed by atoms with Crippen molar-refractivity contribution in [2.75, 3.05) is 5.43 Å². The first kappa shape index (κ1) is 13.3. The Balaban J connectivity index is 2.43. The minimum atomic E-state index is -0.450. The molecule has 2 rings (SSSR count). The molecular weight excluding hydrogens is 264 g/mol. The third-order valence-corrected chi connectivity index (χ3v) is 3.66. The number of rotatable bonds is 4. The molecule has 1 aromatic heterocycles. The van der Waals surface area contributed by atoms with Gasteiger partial charge in [-0.1, -0.05) is 30.0 Å². The third kappa shape index (κ3) is 3.01. The molecule has 7 heteroatoms. The summed E-state index contributed by atoms with van der Waals surface area (Å²) in [6.45, 7) is 1.94. The van der Waals surface area contributed by atoms with Gasteiger partial charge in [0.15, 0.2) is 5.03 Å². The molecule has 2 aromatic rings. The minimum Gasteiger partial charge on any atom is -0.308 e. The summed E-state index contributed by atoms with van der Waals surface area (Å²) in [6, 6.07) is 10.5. The number of nitrogens with zero attached hydrogens (tertiary/aromatic N) is 2. The van der Waals surface area contributed by atoms with Crippen molar-refractivity contribution in [2.45, 2.75) is 16.8 Å². The van der Waals surface area contributed by atoms with Crippen molar-refractivity contribution in [1.82, 2.24) is 4.98 Å². The van der Waals surface area contributed by atoms with Crippen molar-refractivity contribution in [3.63, 3.8) is 0 Å². The van der Waals surface area contributed by atoms with Crippen LogP contribution in [0.3, 0.4) is 0 Å². The molecule has 0 saturated heterocycles. The molecule has 3 N–H and O–H groups in total. The summed E-state index contributed by atoms with van der Waals surface area (Å²) in [5.74, 6) is 5.67. The Morgan fingerprint density at radius 1 is 1.32 bits per heavy atom. The Kier molecular flexibility index (Phi) is 3.98. The fourth-order valence-corrected chi connectivity index (χ4v) is 2.48. The maximum Gasteiger partial charge on any atom is 0.301 e. The van der Waals surface area contributed by atoms with Gasteiger partial charge in [0.05, 0.1) is 4.92 Å². The lowest BCUT2D eigenvalue weighted by molar-refractivity contribution is -0.388. The molecule has 6 nitrogen and oxygen atoms in total. The first-order chi connectivity index (χ1) is 9.11. The molecule has 19 heavy (non-hydrogen) atoms. The number of nitrogen functional groups attached to an aromatic ring is 1.